The number of nitrogens with one attached hydrogen (secondary N) is 2. The first kappa shape index (κ1) is 18.5. The summed E-state index contributed by atoms with van der Waals surface area (Å²) in [5, 5.41) is 5.75. The molecule has 2 N–H and O–H groups in total. The van der Waals surface area contributed by atoms with Crippen LogP contribution >= 0.6 is 11.3 Å². The predicted octanol–water partition coefficient (Wildman–Crippen LogP) is 4.26. The molecule has 6 nitrogen and oxygen atoms in total. The third-order valence-corrected chi connectivity index (χ3v) is 4.25. The van der Waals surface area contributed by atoms with Crippen molar-refractivity contribution < 1.29 is 9.59 Å². The lowest BCUT2D eigenvalue weighted by atomic mass is 10.0. The molecule has 25 heavy (non-hydrogen) atoms. The van der Waals surface area contributed by atoms with Crippen molar-refractivity contribution in [2.75, 3.05) is 11.9 Å². The van der Waals surface area contributed by atoms with Gasteiger partial charge in [0, 0.05) is 24.0 Å². The molecule has 2 amide bonds. The standard InChI is InChI=1S/C18H20N4O2S/c1-5-12(9-20-11(3)4)13-7-14(10-23)16-15(8-13)21-18(25-16)22-17(24)19-6-2/h5,7-10H,1,6H2,2-4H3,(H2,19,21,22,24)/b12-9+. The van der Waals surface area contributed by atoms with E-state index >= 15 is 0 Å². The van der Waals surface area contributed by atoms with Crippen molar-refractivity contribution in [2.24, 2.45) is 4.99 Å². The second kappa shape index (κ2) is 8.34. The third-order valence-electron chi connectivity index (χ3n) is 3.22. The smallest absolute Gasteiger partial charge is 0.321 e. The van der Waals surface area contributed by atoms with Gasteiger partial charge in [-0.25, -0.2) is 9.78 Å². The highest BCUT2D eigenvalue weighted by atomic mass is 32.1. The van der Waals surface area contributed by atoms with Gasteiger partial charge in [0.25, 0.3) is 0 Å². The van der Waals surface area contributed by atoms with Crippen molar-refractivity contribution in [1.82, 2.24) is 10.3 Å². The molecule has 2 rings (SSSR count). The Morgan fingerprint density at radius 1 is 1.40 bits per heavy atom. The van der Waals surface area contributed by atoms with Gasteiger partial charge in [-0.05, 0) is 44.0 Å². The number of aromatic nitrogens is 1. The van der Waals surface area contributed by atoms with Gasteiger partial charge in [-0.2, -0.15) is 0 Å². The Morgan fingerprint density at radius 3 is 2.76 bits per heavy atom. The Balaban J connectivity index is 2.49. The summed E-state index contributed by atoms with van der Waals surface area (Å²) in [5.74, 6) is 0. The van der Waals surface area contributed by atoms with Crippen molar-refractivity contribution in [1.29, 1.82) is 0 Å². The van der Waals surface area contributed by atoms with Gasteiger partial charge in [0.2, 0.25) is 0 Å². The number of urea groups is 1. The molecule has 0 atom stereocenters. The second-order valence-corrected chi connectivity index (χ2v) is 6.40. The number of aliphatic imine (C=N–C) groups is 1. The zero-order chi connectivity index (χ0) is 18.4. The van der Waals surface area contributed by atoms with E-state index in [-0.39, 0.29) is 6.03 Å². The number of hydrogen-bond acceptors (Lipinski definition) is 5. The first-order chi connectivity index (χ1) is 12.0. The summed E-state index contributed by atoms with van der Waals surface area (Å²) in [6, 6.07) is 3.31. The Labute approximate surface area is 150 Å². The van der Waals surface area contributed by atoms with E-state index in [1.54, 1.807) is 18.3 Å². The molecule has 0 aliphatic rings. The van der Waals surface area contributed by atoms with Gasteiger partial charge >= 0.3 is 6.03 Å². The van der Waals surface area contributed by atoms with Crippen LogP contribution in [0.15, 0.2) is 36.0 Å². The molecule has 0 fully saturated rings. The molecule has 1 aromatic carbocycles. The van der Waals surface area contributed by atoms with Crippen LogP contribution in [0.4, 0.5) is 9.93 Å². The van der Waals surface area contributed by atoms with E-state index in [1.165, 1.54) is 11.3 Å². The number of fused-ring (bicyclic) bond motifs is 1. The first-order valence-corrected chi connectivity index (χ1v) is 8.58. The molecular weight excluding hydrogens is 336 g/mol. The van der Waals surface area contributed by atoms with Gasteiger partial charge in [-0.1, -0.05) is 24.0 Å². The van der Waals surface area contributed by atoms with Crippen molar-refractivity contribution in [2.45, 2.75) is 20.8 Å². The fourth-order valence-electron chi connectivity index (χ4n) is 2.11. The minimum Gasteiger partial charge on any atom is -0.338 e. The topological polar surface area (TPSA) is 83.5 Å². The zero-order valence-electron chi connectivity index (χ0n) is 14.4. The molecule has 1 heterocycles. The van der Waals surface area contributed by atoms with Gasteiger partial charge < -0.3 is 5.32 Å². The number of amides is 2. The van der Waals surface area contributed by atoms with Crippen LogP contribution in [0.2, 0.25) is 0 Å². The number of nitrogens with zero attached hydrogens (tertiary/aromatic N) is 2. The molecule has 0 saturated heterocycles. The fourth-order valence-corrected chi connectivity index (χ4v) is 3.03. The lowest BCUT2D eigenvalue weighted by molar-refractivity contribution is 0.112. The van der Waals surface area contributed by atoms with Gasteiger partial charge in [-0.3, -0.25) is 15.1 Å². The number of thiazole rings is 1. The number of benzene rings is 1. The lowest BCUT2D eigenvalue weighted by Crippen LogP contribution is -2.28. The molecule has 0 aliphatic heterocycles. The second-order valence-electron chi connectivity index (χ2n) is 5.40. The molecule has 0 spiro atoms. The normalized spacial score (nSPS) is 11.1. The van der Waals surface area contributed by atoms with Gasteiger partial charge in [0.05, 0.1) is 10.2 Å². The minimum atomic E-state index is -0.325. The van der Waals surface area contributed by atoms with Crippen LogP contribution in [-0.2, 0) is 0 Å². The zero-order valence-corrected chi connectivity index (χ0v) is 15.2. The average Bonchev–Trinajstić information content (AvgIpc) is 2.96. The number of rotatable bonds is 6. The molecule has 0 radical (unpaired) electrons. The van der Waals surface area contributed by atoms with Gasteiger partial charge in [0.1, 0.15) is 0 Å². The minimum absolute atomic E-state index is 0.325. The largest absolute Gasteiger partial charge is 0.338 e. The summed E-state index contributed by atoms with van der Waals surface area (Å²) in [4.78, 5) is 31.8. The summed E-state index contributed by atoms with van der Waals surface area (Å²) in [5.41, 5.74) is 3.65. The molecule has 130 valence electrons. The van der Waals surface area contributed by atoms with Crippen LogP contribution in [0.3, 0.4) is 0 Å². The van der Waals surface area contributed by atoms with Crippen LogP contribution in [0.25, 0.3) is 15.8 Å². The fraction of sp³-hybridized carbons (Fsp3) is 0.222. The molecule has 0 unspecified atom stereocenters. The van der Waals surface area contributed by atoms with Gasteiger partial charge in [0.15, 0.2) is 11.4 Å². The Bertz CT molecular complexity index is 877. The quantitative estimate of drug-likeness (QED) is 0.461. The van der Waals surface area contributed by atoms with Crippen molar-refractivity contribution in [3.05, 3.63) is 42.1 Å². The molecule has 7 heteroatoms. The molecule has 0 saturated carbocycles. The van der Waals surface area contributed by atoms with E-state index in [2.05, 4.69) is 27.2 Å². The summed E-state index contributed by atoms with van der Waals surface area (Å²) in [6.45, 7) is 9.96. The molecule has 2 aromatic rings. The predicted molar refractivity (Wildman–Crippen MR) is 105 cm³/mol. The van der Waals surface area contributed by atoms with E-state index in [0.717, 1.165) is 27.8 Å². The summed E-state index contributed by atoms with van der Waals surface area (Å²) in [6.07, 6.45) is 4.18. The highest BCUT2D eigenvalue weighted by molar-refractivity contribution is 7.22. The number of anilines is 1. The summed E-state index contributed by atoms with van der Waals surface area (Å²) < 4.78 is 0.726. The third kappa shape index (κ3) is 4.60. The van der Waals surface area contributed by atoms with E-state index in [4.69, 9.17) is 0 Å². The molecule has 0 aliphatic carbocycles. The molecule has 0 bridgehead atoms. The molecule has 1 aromatic heterocycles. The van der Waals surface area contributed by atoms with Gasteiger partial charge in [-0.15, -0.1) is 0 Å². The number of hydrogen-bond donors (Lipinski definition) is 2. The summed E-state index contributed by atoms with van der Waals surface area (Å²) >= 11 is 1.26. The van der Waals surface area contributed by atoms with E-state index in [9.17, 15) is 9.59 Å². The van der Waals surface area contributed by atoms with E-state index in [1.807, 2.05) is 26.8 Å². The maximum atomic E-state index is 11.7. The monoisotopic (exact) mass is 356 g/mol. The Hall–Kier alpha value is -2.80. The maximum Gasteiger partial charge on any atom is 0.321 e. The highest BCUT2D eigenvalue weighted by Crippen LogP contribution is 2.31. The van der Waals surface area contributed by atoms with Crippen LogP contribution in [0, 0.1) is 0 Å². The first-order valence-electron chi connectivity index (χ1n) is 7.77. The maximum absolute atomic E-state index is 11.7. The SMILES string of the molecule is C=C/C(=C\N=C(C)C)c1cc(C=O)c2sc(NC(=O)NCC)nc2c1. The summed E-state index contributed by atoms with van der Waals surface area (Å²) in [7, 11) is 0. The average molecular weight is 356 g/mol. The Morgan fingerprint density at radius 2 is 2.16 bits per heavy atom. The molecular formula is C18H20N4O2S. The van der Waals surface area contributed by atoms with Crippen LogP contribution in [0.1, 0.15) is 36.7 Å². The lowest BCUT2D eigenvalue weighted by Gasteiger charge is -2.03. The van der Waals surface area contributed by atoms with E-state index < -0.39 is 0 Å². The number of carbonyl (C=O) groups is 2. The van der Waals surface area contributed by atoms with Crippen molar-refractivity contribution in [3.63, 3.8) is 0 Å². The van der Waals surface area contributed by atoms with Crippen LogP contribution in [0.5, 0.6) is 0 Å². The number of allylic oxidation sites excluding steroid dienone is 2. The van der Waals surface area contributed by atoms with Crippen LogP contribution in [-0.4, -0.2) is 29.6 Å². The van der Waals surface area contributed by atoms with E-state index in [0.29, 0.717) is 22.8 Å². The van der Waals surface area contributed by atoms with Crippen molar-refractivity contribution >= 4 is 50.3 Å². The van der Waals surface area contributed by atoms with Crippen molar-refractivity contribution in [3.8, 4) is 0 Å². The Kier molecular flexibility index (Phi) is 6.19. The number of carbonyl (C=O) groups excluding carboxylic acids is 2. The highest BCUT2D eigenvalue weighted by Gasteiger charge is 2.13. The number of aldehydes is 1. The van der Waals surface area contributed by atoms with Crippen LogP contribution < -0.4 is 10.6 Å².